The number of aliphatic hydroxyl groups is 1. The van der Waals surface area contributed by atoms with Gasteiger partial charge in [-0.05, 0) is 38.5 Å². The molecule has 5 nitrogen and oxygen atoms in total. The smallest absolute Gasteiger partial charge is 0.241 e. The highest BCUT2D eigenvalue weighted by molar-refractivity contribution is 7.89. The van der Waals surface area contributed by atoms with E-state index in [1.54, 1.807) is 32.9 Å². The second-order valence-electron chi connectivity index (χ2n) is 5.17. The van der Waals surface area contributed by atoms with Crippen molar-refractivity contribution in [1.29, 1.82) is 0 Å². The minimum atomic E-state index is -3.59. The summed E-state index contributed by atoms with van der Waals surface area (Å²) in [6.07, 6.45) is -0.616. The molecular formula is C13H21NO4S. The first-order valence-corrected chi connectivity index (χ1v) is 7.47. The van der Waals surface area contributed by atoms with Gasteiger partial charge in [0.2, 0.25) is 10.0 Å². The van der Waals surface area contributed by atoms with E-state index in [-0.39, 0.29) is 11.5 Å². The average Bonchev–Trinajstić information content (AvgIpc) is 2.27. The minimum absolute atomic E-state index is 0.168. The van der Waals surface area contributed by atoms with Crippen molar-refractivity contribution < 1.29 is 18.3 Å². The number of rotatable bonds is 6. The average molecular weight is 287 g/mol. The van der Waals surface area contributed by atoms with Crippen LogP contribution in [0.3, 0.4) is 0 Å². The summed E-state index contributed by atoms with van der Waals surface area (Å²) in [5.74, 6) is 0. The predicted octanol–water partition coefficient (Wildman–Crippen LogP) is 1.44. The first kappa shape index (κ1) is 16.1. The van der Waals surface area contributed by atoms with E-state index >= 15 is 0 Å². The van der Waals surface area contributed by atoms with E-state index in [0.29, 0.717) is 5.56 Å². The second-order valence-corrected chi connectivity index (χ2v) is 6.85. The first-order chi connectivity index (χ1) is 8.68. The van der Waals surface area contributed by atoms with Gasteiger partial charge in [-0.15, -0.1) is 0 Å². The summed E-state index contributed by atoms with van der Waals surface area (Å²) in [5, 5.41) is 9.39. The highest BCUT2D eigenvalue weighted by Crippen LogP contribution is 2.17. The van der Waals surface area contributed by atoms with Crippen LogP contribution in [0.1, 0.15) is 32.4 Å². The van der Waals surface area contributed by atoms with Gasteiger partial charge in [0.25, 0.3) is 0 Å². The lowest BCUT2D eigenvalue weighted by molar-refractivity contribution is 0.141. The minimum Gasteiger partial charge on any atom is -0.389 e. The molecule has 0 aliphatic rings. The molecule has 1 unspecified atom stereocenters. The Morgan fingerprint density at radius 1 is 1.32 bits per heavy atom. The molecule has 2 N–H and O–H groups in total. The van der Waals surface area contributed by atoms with Crippen LogP contribution in [0.15, 0.2) is 29.2 Å². The molecule has 0 saturated carbocycles. The zero-order valence-electron chi connectivity index (χ0n) is 11.7. The number of hydrogen-bond donors (Lipinski definition) is 2. The first-order valence-electron chi connectivity index (χ1n) is 5.99. The summed E-state index contributed by atoms with van der Waals surface area (Å²) in [6.45, 7) is 5.40. The van der Waals surface area contributed by atoms with Crippen molar-refractivity contribution in [3.63, 3.8) is 0 Å². The van der Waals surface area contributed by atoms with Gasteiger partial charge in [0.15, 0.2) is 0 Å². The molecular weight excluding hydrogens is 266 g/mol. The van der Waals surface area contributed by atoms with Gasteiger partial charge >= 0.3 is 0 Å². The molecule has 0 amide bonds. The van der Waals surface area contributed by atoms with Crippen molar-refractivity contribution in [3.8, 4) is 0 Å². The molecule has 108 valence electrons. The fourth-order valence-corrected chi connectivity index (χ4v) is 3.14. The van der Waals surface area contributed by atoms with Crippen molar-refractivity contribution in [2.24, 2.45) is 0 Å². The van der Waals surface area contributed by atoms with Gasteiger partial charge in [-0.1, -0.05) is 12.1 Å². The van der Waals surface area contributed by atoms with Gasteiger partial charge < -0.3 is 9.84 Å². The van der Waals surface area contributed by atoms with Crippen LogP contribution in [-0.2, 0) is 14.8 Å². The van der Waals surface area contributed by atoms with E-state index < -0.39 is 21.7 Å². The Morgan fingerprint density at radius 2 is 1.84 bits per heavy atom. The van der Waals surface area contributed by atoms with Crippen LogP contribution in [0.2, 0.25) is 0 Å². The van der Waals surface area contributed by atoms with E-state index in [0.717, 1.165) is 0 Å². The fourth-order valence-electron chi connectivity index (χ4n) is 1.74. The summed E-state index contributed by atoms with van der Waals surface area (Å²) in [4.78, 5) is 0.168. The lowest BCUT2D eigenvalue weighted by atomic mass is 10.1. The van der Waals surface area contributed by atoms with Crippen LogP contribution in [0, 0.1) is 0 Å². The van der Waals surface area contributed by atoms with Crippen molar-refractivity contribution in [1.82, 2.24) is 4.72 Å². The Balaban J connectivity index is 2.94. The maximum absolute atomic E-state index is 12.2. The highest BCUT2D eigenvalue weighted by Gasteiger charge is 2.26. The molecule has 0 aliphatic carbocycles. The number of aliphatic hydroxyl groups excluding tert-OH is 1. The molecule has 19 heavy (non-hydrogen) atoms. The summed E-state index contributed by atoms with van der Waals surface area (Å²) in [6, 6.07) is 6.16. The zero-order valence-corrected chi connectivity index (χ0v) is 12.5. The van der Waals surface area contributed by atoms with Gasteiger partial charge in [0.1, 0.15) is 0 Å². The Bertz CT molecular complexity index is 506. The van der Waals surface area contributed by atoms with Crippen molar-refractivity contribution in [2.75, 3.05) is 13.7 Å². The summed E-state index contributed by atoms with van der Waals surface area (Å²) < 4.78 is 31.9. The largest absolute Gasteiger partial charge is 0.389 e. The van der Waals surface area contributed by atoms with Crippen LogP contribution >= 0.6 is 0 Å². The van der Waals surface area contributed by atoms with Crippen molar-refractivity contribution >= 4 is 10.0 Å². The second kappa shape index (κ2) is 6.00. The third-order valence-electron chi connectivity index (χ3n) is 2.59. The third kappa shape index (κ3) is 4.58. The molecule has 0 spiro atoms. The van der Waals surface area contributed by atoms with E-state index in [4.69, 9.17) is 4.74 Å². The monoisotopic (exact) mass is 287 g/mol. The van der Waals surface area contributed by atoms with Crippen LogP contribution in [0.25, 0.3) is 0 Å². The molecule has 0 aliphatic heterocycles. The van der Waals surface area contributed by atoms with E-state index in [9.17, 15) is 13.5 Å². The third-order valence-corrected chi connectivity index (χ3v) is 4.30. The van der Waals surface area contributed by atoms with Gasteiger partial charge in [-0.2, -0.15) is 0 Å². The van der Waals surface area contributed by atoms with Gasteiger partial charge in [-0.25, -0.2) is 13.1 Å². The number of ether oxygens (including phenoxy) is 1. The lowest BCUT2D eigenvalue weighted by Gasteiger charge is -2.25. The summed E-state index contributed by atoms with van der Waals surface area (Å²) in [7, 11) is -2.07. The fraction of sp³-hybridized carbons (Fsp3) is 0.538. The standard InChI is InChI=1S/C13H21NO4S/c1-10(15)11-5-7-12(8-6-11)19(16,17)14-13(2,3)9-18-4/h5-8,10,14-15H,9H2,1-4H3. The van der Waals surface area contributed by atoms with Crippen LogP contribution in [0.4, 0.5) is 0 Å². The Morgan fingerprint density at radius 3 is 2.26 bits per heavy atom. The van der Waals surface area contributed by atoms with E-state index in [1.165, 1.54) is 19.2 Å². The Kier molecular flexibility index (Phi) is 5.09. The SMILES string of the molecule is COCC(C)(C)NS(=O)(=O)c1ccc(C(C)O)cc1. The molecule has 1 atom stereocenters. The molecule has 1 aromatic rings. The molecule has 0 bridgehead atoms. The molecule has 6 heteroatoms. The normalized spacial score (nSPS) is 14.4. The quantitative estimate of drug-likeness (QED) is 0.830. The predicted molar refractivity (Wildman–Crippen MR) is 73.4 cm³/mol. The maximum atomic E-state index is 12.2. The Labute approximate surface area is 114 Å². The van der Waals surface area contributed by atoms with E-state index in [1.807, 2.05) is 0 Å². The molecule has 0 radical (unpaired) electrons. The Hall–Kier alpha value is -0.950. The van der Waals surface area contributed by atoms with Gasteiger partial charge in [0, 0.05) is 7.11 Å². The molecule has 0 aromatic heterocycles. The summed E-state index contributed by atoms with van der Waals surface area (Å²) in [5.41, 5.74) is -0.00798. The van der Waals surface area contributed by atoms with Gasteiger partial charge in [-0.3, -0.25) is 0 Å². The zero-order chi connectivity index (χ0) is 14.7. The van der Waals surface area contributed by atoms with Crippen LogP contribution in [0.5, 0.6) is 0 Å². The van der Waals surface area contributed by atoms with Gasteiger partial charge in [0.05, 0.1) is 23.1 Å². The molecule has 0 fully saturated rings. The summed E-state index contributed by atoms with van der Waals surface area (Å²) >= 11 is 0. The number of benzene rings is 1. The number of methoxy groups -OCH3 is 1. The molecule has 0 heterocycles. The number of sulfonamides is 1. The van der Waals surface area contributed by atoms with Crippen molar-refractivity contribution in [2.45, 2.75) is 37.3 Å². The number of hydrogen-bond acceptors (Lipinski definition) is 4. The molecule has 1 aromatic carbocycles. The maximum Gasteiger partial charge on any atom is 0.241 e. The van der Waals surface area contributed by atoms with Crippen molar-refractivity contribution in [3.05, 3.63) is 29.8 Å². The topological polar surface area (TPSA) is 75.6 Å². The van der Waals surface area contributed by atoms with Crippen LogP contribution in [-0.4, -0.2) is 32.8 Å². The lowest BCUT2D eigenvalue weighted by Crippen LogP contribution is -2.46. The number of nitrogens with one attached hydrogen (secondary N) is 1. The van der Waals surface area contributed by atoms with Crippen LogP contribution < -0.4 is 4.72 Å². The molecule has 1 rings (SSSR count). The highest BCUT2D eigenvalue weighted by atomic mass is 32.2. The molecule has 0 saturated heterocycles. The van der Waals surface area contributed by atoms with E-state index in [2.05, 4.69) is 4.72 Å².